The van der Waals surface area contributed by atoms with Crippen LogP contribution in [0.1, 0.15) is 34.5 Å². The van der Waals surface area contributed by atoms with E-state index in [0.29, 0.717) is 11.6 Å². The minimum absolute atomic E-state index is 0.196. The molecular weight excluding hydrogens is 435 g/mol. The number of ether oxygens (including phenoxy) is 1. The van der Waals surface area contributed by atoms with Crippen molar-refractivity contribution in [3.63, 3.8) is 0 Å². The number of benzene rings is 3. The topological polar surface area (TPSA) is 67.4 Å². The van der Waals surface area contributed by atoms with Gasteiger partial charge in [-0.1, -0.05) is 65.7 Å². The lowest BCUT2D eigenvalue weighted by molar-refractivity contribution is -0.120. The van der Waals surface area contributed by atoms with E-state index < -0.39 is 5.91 Å². The summed E-state index contributed by atoms with van der Waals surface area (Å²) in [5.41, 5.74) is 2.08. The van der Waals surface area contributed by atoms with Crippen LogP contribution in [-0.2, 0) is 4.79 Å². The average Bonchev–Trinajstić information content (AvgIpc) is 2.77. The van der Waals surface area contributed by atoms with Gasteiger partial charge >= 0.3 is 0 Å². The van der Waals surface area contributed by atoms with Crippen LogP contribution in [0, 0.1) is 0 Å². The van der Waals surface area contributed by atoms with Gasteiger partial charge in [-0.25, -0.2) is 0 Å². The molecule has 0 aliphatic rings. The van der Waals surface area contributed by atoms with Crippen molar-refractivity contribution < 1.29 is 14.3 Å². The van der Waals surface area contributed by atoms with Gasteiger partial charge in [0, 0.05) is 5.02 Å². The van der Waals surface area contributed by atoms with Gasteiger partial charge in [-0.2, -0.15) is 0 Å². The molecule has 1 unspecified atom stereocenters. The van der Waals surface area contributed by atoms with Crippen LogP contribution in [-0.4, -0.2) is 25.0 Å². The Bertz CT molecular complexity index is 1040. The van der Waals surface area contributed by atoms with Crippen LogP contribution in [0.2, 0.25) is 10.0 Å². The molecule has 2 N–H and O–H groups in total. The molecule has 1 atom stereocenters. The molecule has 0 saturated carbocycles. The first-order valence-electron chi connectivity index (χ1n) is 9.78. The van der Waals surface area contributed by atoms with Gasteiger partial charge < -0.3 is 15.4 Å². The maximum Gasteiger partial charge on any atom is 0.253 e. The van der Waals surface area contributed by atoms with Crippen LogP contribution in [0.4, 0.5) is 0 Å². The Morgan fingerprint density at radius 3 is 2.26 bits per heavy atom. The number of amides is 2. The summed E-state index contributed by atoms with van der Waals surface area (Å²) >= 11 is 11.9. The molecule has 0 aromatic heterocycles. The fourth-order valence-corrected chi connectivity index (χ4v) is 3.56. The van der Waals surface area contributed by atoms with Gasteiger partial charge in [0.05, 0.1) is 29.8 Å². The number of hydrogen-bond acceptors (Lipinski definition) is 3. The van der Waals surface area contributed by atoms with Crippen molar-refractivity contribution in [2.24, 2.45) is 0 Å². The van der Waals surface area contributed by atoms with Gasteiger partial charge in [-0.3, -0.25) is 9.59 Å². The summed E-state index contributed by atoms with van der Waals surface area (Å²) in [6.07, 6.45) is 0. The lowest BCUT2D eigenvalue weighted by Gasteiger charge is -2.20. The highest BCUT2D eigenvalue weighted by Crippen LogP contribution is 2.24. The molecule has 2 amide bonds. The Hall–Kier alpha value is -3.02. The molecule has 3 rings (SSSR count). The Balaban J connectivity index is 1.70. The molecule has 5 nitrogen and oxygen atoms in total. The third kappa shape index (κ3) is 6.23. The van der Waals surface area contributed by atoms with Crippen molar-refractivity contribution in [1.29, 1.82) is 0 Å². The van der Waals surface area contributed by atoms with Crippen molar-refractivity contribution >= 4 is 35.0 Å². The van der Waals surface area contributed by atoms with Gasteiger partial charge in [-0.15, -0.1) is 0 Å². The SMILES string of the molecule is CCOc1ccc(C(NC(=O)CNC(=O)c2ccc(Cl)cc2Cl)c2ccccc2)cc1. The Morgan fingerprint density at radius 2 is 1.61 bits per heavy atom. The summed E-state index contributed by atoms with van der Waals surface area (Å²) in [7, 11) is 0. The van der Waals surface area contributed by atoms with E-state index in [2.05, 4.69) is 10.6 Å². The largest absolute Gasteiger partial charge is 0.494 e. The molecule has 0 fully saturated rings. The predicted molar refractivity (Wildman–Crippen MR) is 123 cm³/mol. The summed E-state index contributed by atoms with van der Waals surface area (Å²) in [4.78, 5) is 25.0. The number of hydrogen-bond donors (Lipinski definition) is 2. The summed E-state index contributed by atoms with van der Waals surface area (Å²) in [5.74, 6) is -0.0215. The number of halogens is 2. The molecule has 0 bridgehead atoms. The first kappa shape index (κ1) is 22.7. The summed E-state index contributed by atoms with van der Waals surface area (Å²) in [5, 5.41) is 6.23. The quantitative estimate of drug-likeness (QED) is 0.499. The minimum Gasteiger partial charge on any atom is -0.494 e. The smallest absolute Gasteiger partial charge is 0.253 e. The molecule has 3 aromatic rings. The average molecular weight is 457 g/mol. The maximum absolute atomic E-state index is 12.6. The minimum atomic E-state index is -0.450. The highest BCUT2D eigenvalue weighted by molar-refractivity contribution is 6.36. The lowest BCUT2D eigenvalue weighted by Crippen LogP contribution is -2.39. The van der Waals surface area contributed by atoms with Crippen LogP contribution < -0.4 is 15.4 Å². The van der Waals surface area contributed by atoms with Crippen molar-refractivity contribution in [2.45, 2.75) is 13.0 Å². The summed E-state index contributed by atoms with van der Waals surface area (Å²) in [6.45, 7) is 2.31. The number of carbonyl (C=O) groups excluding carboxylic acids is 2. The standard InChI is InChI=1S/C24H22Cl2N2O3/c1-2-31-19-11-8-17(9-12-19)23(16-6-4-3-5-7-16)28-22(29)15-27-24(30)20-13-10-18(25)14-21(20)26/h3-14,23H,2,15H2,1H3,(H,27,30)(H,28,29). The molecule has 7 heteroatoms. The van der Waals surface area contributed by atoms with Crippen LogP contribution >= 0.6 is 23.2 Å². The van der Waals surface area contributed by atoms with E-state index in [-0.39, 0.29) is 29.1 Å². The van der Waals surface area contributed by atoms with Crippen molar-refractivity contribution in [1.82, 2.24) is 10.6 Å². The molecule has 0 aliphatic carbocycles. The van der Waals surface area contributed by atoms with Gasteiger partial charge in [0.2, 0.25) is 5.91 Å². The fraction of sp³-hybridized carbons (Fsp3) is 0.167. The molecular formula is C24H22Cl2N2O3. The van der Waals surface area contributed by atoms with Crippen molar-refractivity contribution in [3.8, 4) is 5.75 Å². The van der Waals surface area contributed by atoms with E-state index in [1.807, 2.05) is 61.5 Å². The van der Waals surface area contributed by atoms with E-state index in [1.54, 1.807) is 6.07 Å². The zero-order valence-electron chi connectivity index (χ0n) is 16.9. The monoisotopic (exact) mass is 456 g/mol. The van der Waals surface area contributed by atoms with E-state index >= 15 is 0 Å². The normalized spacial score (nSPS) is 11.5. The lowest BCUT2D eigenvalue weighted by atomic mass is 9.98. The Labute approximate surface area is 191 Å². The molecule has 3 aromatic carbocycles. The molecule has 0 heterocycles. The highest BCUT2D eigenvalue weighted by Gasteiger charge is 2.18. The second-order valence-electron chi connectivity index (χ2n) is 6.72. The van der Waals surface area contributed by atoms with Gasteiger partial charge in [0.15, 0.2) is 0 Å². The predicted octanol–water partition coefficient (Wildman–Crippen LogP) is 5.03. The van der Waals surface area contributed by atoms with Crippen molar-refractivity contribution in [3.05, 3.63) is 99.5 Å². The van der Waals surface area contributed by atoms with Crippen LogP contribution in [0.15, 0.2) is 72.8 Å². The molecule has 0 aliphatic heterocycles. The first-order valence-corrected chi connectivity index (χ1v) is 10.5. The Morgan fingerprint density at radius 1 is 0.935 bits per heavy atom. The third-order valence-electron chi connectivity index (χ3n) is 4.55. The maximum atomic E-state index is 12.6. The number of nitrogens with one attached hydrogen (secondary N) is 2. The molecule has 0 spiro atoms. The second-order valence-corrected chi connectivity index (χ2v) is 7.56. The second kappa shape index (κ2) is 10.8. The van der Waals surface area contributed by atoms with Crippen LogP contribution in [0.25, 0.3) is 0 Å². The summed E-state index contributed by atoms with van der Waals surface area (Å²) in [6, 6.07) is 21.4. The van der Waals surface area contributed by atoms with Gasteiger partial charge in [0.25, 0.3) is 5.91 Å². The number of carbonyl (C=O) groups is 2. The fourth-order valence-electron chi connectivity index (χ4n) is 3.07. The van der Waals surface area contributed by atoms with Crippen LogP contribution in [0.3, 0.4) is 0 Å². The third-order valence-corrected chi connectivity index (χ3v) is 5.10. The van der Waals surface area contributed by atoms with E-state index in [4.69, 9.17) is 27.9 Å². The first-order chi connectivity index (χ1) is 15.0. The highest BCUT2D eigenvalue weighted by atomic mass is 35.5. The Kier molecular flexibility index (Phi) is 7.93. The zero-order valence-corrected chi connectivity index (χ0v) is 18.4. The van der Waals surface area contributed by atoms with E-state index in [0.717, 1.165) is 16.9 Å². The van der Waals surface area contributed by atoms with Crippen LogP contribution in [0.5, 0.6) is 5.75 Å². The molecule has 0 radical (unpaired) electrons. The molecule has 0 saturated heterocycles. The zero-order chi connectivity index (χ0) is 22.2. The van der Waals surface area contributed by atoms with E-state index in [1.165, 1.54) is 12.1 Å². The number of rotatable bonds is 8. The van der Waals surface area contributed by atoms with E-state index in [9.17, 15) is 9.59 Å². The van der Waals surface area contributed by atoms with Gasteiger partial charge in [0.1, 0.15) is 5.75 Å². The molecule has 160 valence electrons. The summed E-state index contributed by atoms with van der Waals surface area (Å²) < 4.78 is 5.50. The van der Waals surface area contributed by atoms with Gasteiger partial charge in [-0.05, 0) is 48.4 Å². The molecule has 31 heavy (non-hydrogen) atoms. The van der Waals surface area contributed by atoms with Crippen molar-refractivity contribution in [2.75, 3.05) is 13.2 Å².